The third kappa shape index (κ3) is 4.82. The summed E-state index contributed by atoms with van der Waals surface area (Å²) in [6, 6.07) is 0.822. The standard InChI is InChI=1S/C13H27N3O2/c1-9-8-16(6)10(2)7-11(9)14-15-12(17)18-13(3,4)5/h9-11,14H,7-8H2,1-6H3,(H,15,17). The predicted molar refractivity (Wildman–Crippen MR) is 72.2 cm³/mol. The Morgan fingerprint density at radius 1 is 1.33 bits per heavy atom. The summed E-state index contributed by atoms with van der Waals surface area (Å²) in [6.07, 6.45) is 0.606. The lowest BCUT2D eigenvalue weighted by Crippen LogP contribution is -2.56. The second-order valence-corrected chi connectivity index (χ2v) is 6.38. The summed E-state index contributed by atoms with van der Waals surface area (Å²) in [7, 11) is 2.14. The molecule has 5 heteroatoms. The molecule has 1 heterocycles. The Morgan fingerprint density at radius 3 is 2.50 bits per heavy atom. The molecule has 18 heavy (non-hydrogen) atoms. The first kappa shape index (κ1) is 15.2. The predicted octanol–water partition coefficient (Wildman–Crippen LogP) is 1.74. The van der Waals surface area contributed by atoms with Crippen LogP contribution < -0.4 is 10.9 Å². The summed E-state index contributed by atoms with van der Waals surface area (Å²) in [4.78, 5) is 13.9. The van der Waals surface area contributed by atoms with Crippen molar-refractivity contribution in [3.8, 4) is 0 Å². The van der Waals surface area contributed by atoms with Gasteiger partial charge in [-0.15, -0.1) is 0 Å². The van der Waals surface area contributed by atoms with Crippen LogP contribution in [0.5, 0.6) is 0 Å². The van der Waals surface area contributed by atoms with Gasteiger partial charge in [-0.2, -0.15) is 0 Å². The maximum atomic E-state index is 11.5. The first-order valence-electron chi connectivity index (χ1n) is 6.64. The van der Waals surface area contributed by atoms with Crippen LogP contribution in [-0.4, -0.2) is 42.3 Å². The van der Waals surface area contributed by atoms with E-state index >= 15 is 0 Å². The number of hydrogen-bond acceptors (Lipinski definition) is 4. The SMILES string of the molecule is CC1CN(C)C(C)CC1NNC(=O)OC(C)(C)C. The molecule has 0 aromatic rings. The van der Waals surface area contributed by atoms with Gasteiger partial charge >= 0.3 is 6.09 Å². The van der Waals surface area contributed by atoms with E-state index in [2.05, 4.69) is 36.6 Å². The molecule has 1 rings (SSSR count). The van der Waals surface area contributed by atoms with Crippen molar-refractivity contribution in [1.29, 1.82) is 0 Å². The molecule has 0 saturated carbocycles. The Kier molecular flexibility index (Phi) is 4.99. The Bertz CT molecular complexity index is 288. The number of carbonyl (C=O) groups excluding carboxylic acids is 1. The zero-order chi connectivity index (χ0) is 13.9. The summed E-state index contributed by atoms with van der Waals surface area (Å²) in [6.45, 7) is 11.0. The number of likely N-dealkylation sites (tertiary alicyclic amines) is 1. The fourth-order valence-electron chi connectivity index (χ4n) is 2.20. The number of rotatable bonds is 2. The van der Waals surface area contributed by atoms with E-state index in [0.29, 0.717) is 18.0 Å². The highest BCUT2D eigenvalue weighted by atomic mass is 16.6. The molecule has 0 radical (unpaired) electrons. The van der Waals surface area contributed by atoms with Crippen LogP contribution in [0.3, 0.4) is 0 Å². The Labute approximate surface area is 110 Å². The van der Waals surface area contributed by atoms with Gasteiger partial charge in [0, 0.05) is 18.6 Å². The molecular formula is C13H27N3O2. The fourth-order valence-corrected chi connectivity index (χ4v) is 2.20. The van der Waals surface area contributed by atoms with E-state index in [1.165, 1.54) is 0 Å². The highest BCUT2D eigenvalue weighted by molar-refractivity contribution is 5.67. The number of amides is 1. The van der Waals surface area contributed by atoms with E-state index in [4.69, 9.17) is 4.74 Å². The van der Waals surface area contributed by atoms with Gasteiger partial charge in [0.05, 0.1) is 0 Å². The number of nitrogens with zero attached hydrogens (tertiary/aromatic N) is 1. The lowest BCUT2D eigenvalue weighted by atomic mass is 9.90. The fraction of sp³-hybridized carbons (Fsp3) is 0.923. The Morgan fingerprint density at radius 2 is 1.94 bits per heavy atom. The van der Waals surface area contributed by atoms with Gasteiger partial charge < -0.3 is 9.64 Å². The Balaban J connectivity index is 2.37. The largest absolute Gasteiger partial charge is 0.443 e. The molecule has 1 saturated heterocycles. The molecule has 0 aromatic carbocycles. The van der Waals surface area contributed by atoms with Crippen molar-refractivity contribution in [2.24, 2.45) is 5.92 Å². The van der Waals surface area contributed by atoms with Crippen molar-refractivity contribution >= 4 is 6.09 Å². The number of ether oxygens (including phenoxy) is 1. The minimum atomic E-state index is -0.461. The van der Waals surface area contributed by atoms with E-state index in [1.54, 1.807) is 0 Å². The normalized spacial score (nSPS) is 30.0. The number of carbonyl (C=O) groups is 1. The van der Waals surface area contributed by atoms with Crippen molar-refractivity contribution in [3.05, 3.63) is 0 Å². The van der Waals surface area contributed by atoms with E-state index in [0.717, 1.165) is 13.0 Å². The summed E-state index contributed by atoms with van der Waals surface area (Å²) in [5.74, 6) is 0.501. The molecule has 5 nitrogen and oxygen atoms in total. The van der Waals surface area contributed by atoms with Crippen LogP contribution >= 0.6 is 0 Å². The average molecular weight is 257 g/mol. The molecule has 1 fully saturated rings. The topological polar surface area (TPSA) is 53.6 Å². The molecule has 0 bridgehead atoms. The van der Waals surface area contributed by atoms with Crippen LogP contribution in [0.2, 0.25) is 0 Å². The lowest BCUT2D eigenvalue weighted by Gasteiger charge is -2.39. The molecule has 0 aliphatic carbocycles. The zero-order valence-electron chi connectivity index (χ0n) is 12.4. The van der Waals surface area contributed by atoms with Crippen LogP contribution in [0.4, 0.5) is 4.79 Å². The van der Waals surface area contributed by atoms with Gasteiger partial charge in [0.2, 0.25) is 0 Å². The third-order valence-electron chi connectivity index (χ3n) is 3.37. The molecule has 1 aliphatic heterocycles. The van der Waals surface area contributed by atoms with Gasteiger partial charge in [0.25, 0.3) is 0 Å². The zero-order valence-corrected chi connectivity index (χ0v) is 12.4. The molecule has 1 amide bonds. The number of piperidine rings is 1. The first-order chi connectivity index (χ1) is 8.19. The second kappa shape index (κ2) is 5.89. The van der Waals surface area contributed by atoms with Crippen LogP contribution in [0, 0.1) is 5.92 Å². The molecule has 3 unspecified atom stereocenters. The second-order valence-electron chi connectivity index (χ2n) is 6.38. The van der Waals surface area contributed by atoms with Gasteiger partial charge in [-0.1, -0.05) is 6.92 Å². The quantitative estimate of drug-likeness (QED) is 0.740. The van der Waals surface area contributed by atoms with E-state index in [-0.39, 0.29) is 0 Å². The van der Waals surface area contributed by atoms with Gasteiger partial charge in [-0.3, -0.25) is 5.43 Å². The summed E-state index contributed by atoms with van der Waals surface area (Å²) >= 11 is 0. The summed E-state index contributed by atoms with van der Waals surface area (Å²) < 4.78 is 5.19. The van der Waals surface area contributed by atoms with Crippen LogP contribution in [0.25, 0.3) is 0 Å². The molecule has 0 aromatic heterocycles. The van der Waals surface area contributed by atoms with E-state index in [9.17, 15) is 4.79 Å². The van der Waals surface area contributed by atoms with Crippen LogP contribution in [0.15, 0.2) is 0 Å². The highest BCUT2D eigenvalue weighted by Gasteiger charge is 2.29. The van der Waals surface area contributed by atoms with Crippen molar-refractivity contribution in [2.75, 3.05) is 13.6 Å². The smallest absolute Gasteiger partial charge is 0.422 e. The van der Waals surface area contributed by atoms with Gasteiger partial charge in [-0.05, 0) is 47.1 Å². The summed E-state index contributed by atoms with van der Waals surface area (Å²) in [5, 5.41) is 0. The number of hydrogen-bond donors (Lipinski definition) is 2. The van der Waals surface area contributed by atoms with Crippen LogP contribution in [0.1, 0.15) is 41.0 Å². The number of hydrazine groups is 1. The van der Waals surface area contributed by atoms with Gasteiger partial charge in [0.1, 0.15) is 5.60 Å². The number of nitrogens with one attached hydrogen (secondary N) is 2. The molecule has 106 valence electrons. The van der Waals surface area contributed by atoms with Crippen molar-refractivity contribution in [1.82, 2.24) is 15.8 Å². The van der Waals surface area contributed by atoms with Gasteiger partial charge in [-0.25, -0.2) is 10.2 Å². The lowest BCUT2D eigenvalue weighted by molar-refractivity contribution is 0.0444. The highest BCUT2D eigenvalue weighted by Crippen LogP contribution is 2.20. The van der Waals surface area contributed by atoms with Crippen molar-refractivity contribution < 1.29 is 9.53 Å². The van der Waals surface area contributed by atoms with Crippen molar-refractivity contribution in [3.63, 3.8) is 0 Å². The molecule has 2 N–H and O–H groups in total. The molecule has 3 atom stereocenters. The molecule has 1 aliphatic rings. The minimum absolute atomic E-state index is 0.295. The maximum Gasteiger partial charge on any atom is 0.422 e. The van der Waals surface area contributed by atoms with Gasteiger partial charge in [0.15, 0.2) is 0 Å². The summed E-state index contributed by atoms with van der Waals surface area (Å²) in [5.41, 5.74) is 5.28. The Hall–Kier alpha value is -0.810. The third-order valence-corrected chi connectivity index (χ3v) is 3.37. The van der Waals surface area contributed by atoms with Crippen molar-refractivity contribution in [2.45, 2.75) is 58.7 Å². The molecular weight excluding hydrogens is 230 g/mol. The minimum Gasteiger partial charge on any atom is -0.443 e. The first-order valence-corrected chi connectivity index (χ1v) is 6.64. The molecule has 0 spiro atoms. The average Bonchev–Trinajstić information content (AvgIpc) is 2.19. The van der Waals surface area contributed by atoms with E-state index < -0.39 is 11.7 Å². The van der Waals surface area contributed by atoms with E-state index in [1.807, 2.05) is 20.8 Å². The monoisotopic (exact) mass is 257 g/mol. The maximum absolute atomic E-state index is 11.5. The van der Waals surface area contributed by atoms with Crippen LogP contribution in [-0.2, 0) is 4.74 Å².